The molecule has 62 valence electrons. The molecule has 0 fully saturated rings. The molecule has 1 aliphatic rings. The molecule has 1 aliphatic heterocycles. The Kier molecular flexibility index (Phi) is 2.19. The van der Waals surface area contributed by atoms with E-state index in [1.807, 2.05) is 42.5 Å². The maximum absolute atomic E-state index is 5.67. The number of benzene rings is 1. The Hall–Kier alpha value is -1.15. The van der Waals surface area contributed by atoms with Crippen LogP contribution >= 0.6 is 11.2 Å². The Bertz CT molecular complexity index is 291. The van der Waals surface area contributed by atoms with Gasteiger partial charge in [0.1, 0.15) is 5.75 Å². The monoisotopic (exact) mass is 178 g/mol. The van der Waals surface area contributed by atoms with Crippen LogP contribution in [0.3, 0.4) is 0 Å². The van der Waals surface area contributed by atoms with E-state index in [4.69, 9.17) is 4.18 Å². The molecule has 0 spiro atoms. The second kappa shape index (κ2) is 3.50. The van der Waals surface area contributed by atoms with Crippen molar-refractivity contribution in [3.05, 3.63) is 53.3 Å². The summed E-state index contributed by atoms with van der Waals surface area (Å²) in [6, 6.07) is 9.90. The fourth-order valence-corrected chi connectivity index (χ4v) is 2.11. The van der Waals surface area contributed by atoms with E-state index in [0.717, 1.165) is 5.75 Å². The summed E-state index contributed by atoms with van der Waals surface area (Å²) in [5.74, 6) is 0.944. The van der Waals surface area contributed by atoms with E-state index in [-0.39, 0.29) is 0 Å². The van der Waals surface area contributed by atoms with Crippen LogP contribution in [0.2, 0.25) is 0 Å². The van der Waals surface area contributed by atoms with Crippen molar-refractivity contribution in [2.24, 2.45) is 0 Å². The molecule has 0 amide bonds. The van der Waals surface area contributed by atoms with Gasteiger partial charge in [-0.1, -0.05) is 41.5 Å². The highest BCUT2D eigenvalue weighted by Gasteiger charge is 1.99. The van der Waals surface area contributed by atoms with Gasteiger partial charge in [-0.05, 0) is 22.9 Å². The van der Waals surface area contributed by atoms with Crippen molar-refractivity contribution in [2.75, 3.05) is 0 Å². The average Bonchev–Trinajstić information content (AvgIpc) is 2.59. The van der Waals surface area contributed by atoms with Crippen molar-refractivity contribution < 1.29 is 4.18 Å². The third-order valence-corrected chi connectivity index (χ3v) is 2.88. The molecule has 0 radical (unpaired) electrons. The molecule has 2 heteroatoms. The zero-order chi connectivity index (χ0) is 8.23. The largest absolute Gasteiger partial charge is 0.444 e. The molecule has 1 aromatic rings. The maximum atomic E-state index is 5.67. The van der Waals surface area contributed by atoms with Crippen molar-refractivity contribution in [3.8, 4) is 5.75 Å². The zero-order valence-corrected chi connectivity index (χ0v) is 7.45. The lowest BCUT2D eigenvalue weighted by atomic mass is 10.3. The van der Waals surface area contributed by atoms with Crippen molar-refractivity contribution >= 4 is 11.2 Å². The summed E-state index contributed by atoms with van der Waals surface area (Å²) in [6.45, 7) is 0. The molecule has 0 N–H and O–H groups in total. The lowest BCUT2D eigenvalue weighted by Crippen LogP contribution is -1.83. The van der Waals surface area contributed by atoms with E-state index in [0.29, 0.717) is 0 Å². The van der Waals surface area contributed by atoms with Crippen molar-refractivity contribution in [2.45, 2.75) is 0 Å². The van der Waals surface area contributed by atoms with Gasteiger partial charge in [-0.15, -0.1) is 0 Å². The predicted molar refractivity (Wildman–Crippen MR) is 54.3 cm³/mol. The first kappa shape index (κ1) is 7.50. The van der Waals surface area contributed by atoms with Crippen molar-refractivity contribution in [1.82, 2.24) is 0 Å². The molecule has 0 bridgehead atoms. The second-order valence-corrected chi connectivity index (χ2v) is 3.95. The summed E-state index contributed by atoms with van der Waals surface area (Å²) in [5, 5.41) is 4.17. The van der Waals surface area contributed by atoms with Gasteiger partial charge in [0.25, 0.3) is 0 Å². The summed E-state index contributed by atoms with van der Waals surface area (Å²) in [4.78, 5) is 0. The summed E-state index contributed by atoms with van der Waals surface area (Å²) < 4.78 is 5.67. The molecule has 0 unspecified atom stereocenters. The van der Waals surface area contributed by atoms with E-state index in [1.54, 1.807) is 0 Å². The SMILES string of the molecule is C1=C[SH](Oc2ccccc2)C=C1. The Balaban J connectivity index is 2.04. The minimum Gasteiger partial charge on any atom is -0.444 e. The second-order valence-electron chi connectivity index (χ2n) is 2.45. The summed E-state index contributed by atoms with van der Waals surface area (Å²) in [7, 11) is 0. The van der Waals surface area contributed by atoms with Crippen LogP contribution < -0.4 is 4.18 Å². The molecule has 0 aliphatic carbocycles. The van der Waals surface area contributed by atoms with E-state index >= 15 is 0 Å². The molecule has 1 heterocycles. The molecule has 1 aromatic carbocycles. The Morgan fingerprint density at radius 3 is 2.25 bits per heavy atom. The summed E-state index contributed by atoms with van der Waals surface area (Å²) >= 11 is -0.483. The van der Waals surface area contributed by atoms with Gasteiger partial charge in [0, 0.05) is 0 Å². The number of hydrogen-bond donors (Lipinski definition) is 1. The highest BCUT2D eigenvalue weighted by molar-refractivity contribution is 8.18. The highest BCUT2D eigenvalue weighted by Crippen LogP contribution is 2.35. The summed E-state index contributed by atoms with van der Waals surface area (Å²) in [5.41, 5.74) is 0. The van der Waals surface area contributed by atoms with Crippen LogP contribution in [-0.4, -0.2) is 0 Å². The van der Waals surface area contributed by atoms with Crippen LogP contribution in [0, 0.1) is 0 Å². The standard InChI is InChI=1S/C10H10OS/c1-2-6-10(7-3-1)11-12-8-4-5-9-12/h1-9,12H. The van der Waals surface area contributed by atoms with Crippen LogP contribution in [0.4, 0.5) is 0 Å². The van der Waals surface area contributed by atoms with Gasteiger partial charge in [0.2, 0.25) is 0 Å². The molecule has 12 heavy (non-hydrogen) atoms. The fourth-order valence-electron chi connectivity index (χ4n) is 0.983. The van der Waals surface area contributed by atoms with Crippen molar-refractivity contribution in [1.29, 1.82) is 0 Å². The molecule has 0 atom stereocenters. The van der Waals surface area contributed by atoms with Crippen LogP contribution in [0.1, 0.15) is 0 Å². The normalized spacial score (nSPS) is 16.8. The lowest BCUT2D eigenvalue weighted by molar-refractivity contribution is 0.645. The van der Waals surface area contributed by atoms with Crippen LogP contribution in [0.15, 0.2) is 53.3 Å². The third kappa shape index (κ3) is 1.71. The average molecular weight is 178 g/mol. The Labute approximate surface area is 74.9 Å². The van der Waals surface area contributed by atoms with Gasteiger partial charge in [-0.3, -0.25) is 0 Å². The fraction of sp³-hybridized carbons (Fsp3) is 0. The zero-order valence-electron chi connectivity index (χ0n) is 6.55. The first-order valence-corrected chi connectivity index (χ1v) is 5.21. The van der Waals surface area contributed by atoms with Gasteiger partial charge < -0.3 is 4.18 Å². The van der Waals surface area contributed by atoms with Gasteiger partial charge in [0.05, 0.1) is 0 Å². The number of rotatable bonds is 2. The van der Waals surface area contributed by atoms with Gasteiger partial charge in [-0.2, -0.15) is 0 Å². The maximum Gasteiger partial charge on any atom is 0.135 e. The Morgan fingerprint density at radius 2 is 1.58 bits per heavy atom. The third-order valence-electron chi connectivity index (χ3n) is 1.53. The van der Waals surface area contributed by atoms with Gasteiger partial charge in [-0.25, -0.2) is 0 Å². The molecule has 0 aromatic heterocycles. The van der Waals surface area contributed by atoms with E-state index in [9.17, 15) is 0 Å². The summed E-state index contributed by atoms with van der Waals surface area (Å²) in [6.07, 6.45) is 4.04. The lowest BCUT2D eigenvalue weighted by Gasteiger charge is -2.12. The first-order chi connectivity index (χ1) is 5.95. The molecular formula is C10H10OS. The predicted octanol–water partition coefficient (Wildman–Crippen LogP) is 3.02. The van der Waals surface area contributed by atoms with E-state index in [2.05, 4.69) is 10.8 Å². The molecular weight excluding hydrogens is 168 g/mol. The number of hydrogen-bond acceptors (Lipinski definition) is 1. The molecule has 0 saturated carbocycles. The van der Waals surface area contributed by atoms with Gasteiger partial charge in [0.15, 0.2) is 0 Å². The minimum absolute atomic E-state index is 0.483. The van der Waals surface area contributed by atoms with Crippen LogP contribution in [-0.2, 0) is 0 Å². The molecule has 1 nitrogen and oxygen atoms in total. The highest BCUT2D eigenvalue weighted by atomic mass is 32.2. The number of allylic oxidation sites excluding steroid dienone is 2. The van der Waals surface area contributed by atoms with Crippen molar-refractivity contribution in [3.63, 3.8) is 0 Å². The molecule has 0 saturated heterocycles. The number of para-hydroxylation sites is 1. The number of thiol groups is 1. The first-order valence-electron chi connectivity index (χ1n) is 3.81. The quantitative estimate of drug-likeness (QED) is 0.685. The van der Waals surface area contributed by atoms with Crippen LogP contribution in [0.25, 0.3) is 0 Å². The Morgan fingerprint density at radius 1 is 0.917 bits per heavy atom. The minimum atomic E-state index is -0.483. The van der Waals surface area contributed by atoms with E-state index < -0.39 is 11.2 Å². The van der Waals surface area contributed by atoms with Gasteiger partial charge >= 0.3 is 0 Å². The van der Waals surface area contributed by atoms with E-state index in [1.165, 1.54) is 0 Å². The van der Waals surface area contributed by atoms with Crippen LogP contribution in [0.5, 0.6) is 5.75 Å². The smallest absolute Gasteiger partial charge is 0.135 e. The topological polar surface area (TPSA) is 9.23 Å². The molecule has 2 rings (SSSR count).